The van der Waals surface area contributed by atoms with Crippen LogP contribution in [0.1, 0.15) is 37.6 Å². The summed E-state index contributed by atoms with van der Waals surface area (Å²) in [6.07, 6.45) is 0.116. The van der Waals surface area contributed by atoms with Crippen molar-refractivity contribution in [2.75, 3.05) is 19.0 Å². The van der Waals surface area contributed by atoms with Gasteiger partial charge in [0.15, 0.2) is 0 Å². The van der Waals surface area contributed by atoms with E-state index in [4.69, 9.17) is 9.84 Å². The van der Waals surface area contributed by atoms with Gasteiger partial charge in [-0.05, 0) is 12.1 Å². The Kier molecular flexibility index (Phi) is 6.12. The third-order valence-corrected chi connectivity index (χ3v) is 3.03. The van der Waals surface area contributed by atoms with Crippen molar-refractivity contribution in [2.45, 2.75) is 27.2 Å². The second kappa shape index (κ2) is 7.62. The highest BCUT2D eigenvalue weighted by Crippen LogP contribution is 2.23. The number of ether oxygens (including phenoxy) is 1. The van der Waals surface area contributed by atoms with Gasteiger partial charge in [-0.15, -0.1) is 0 Å². The van der Waals surface area contributed by atoms with Crippen LogP contribution in [-0.4, -0.2) is 36.5 Å². The van der Waals surface area contributed by atoms with Crippen molar-refractivity contribution in [3.8, 4) is 5.75 Å². The lowest BCUT2D eigenvalue weighted by Crippen LogP contribution is -2.36. The number of rotatable bonds is 6. The maximum absolute atomic E-state index is 11.8. The Morgan fingerprint density at radius 1 is 1.22 bits per heavy atom. The molecule has 0 atom stereocenters. The highest BCUT2D eigenvalue weighted by molar-refractivity contribution is 5.94. The minimum absolute atomic E-state index is 0.0166. The summed E-state index contributed by atoms with van der Waals surface area (Å²) in [5.74, 6) is -1.36. The average Bonchev–Trinajstić information content (AvgIpc) is 2.45. The van der Waals surface area contributed by atoms with Crippen LogP contribution in [0.15, 0.2) is 18.2 Å². The molecule has 0 saturated carbocycles. The van der Waals surface area contributed by atoms with Crippen molar-refractivity contribution in [3.05, 3.63) is 23.8 Å². The second-order valence-electron chi connectivity index (χ2n) is 6.02. The molecule has 7 nitrogen and oxygen atoms in total. The van der Waals surface area contributed by atoms with E-state index in [-0.39, 0.29) is 36.1 Å². The lowest BCUT2D eigenvalue weighted by Gasteiger charge is -2.17. The average molecular weight is 322 g/mol. The van der Waals surface area contributed by atoms with Crippen LogP contribution in [0, 0.1) is 5.41 Å². The summed E-state index contributed by atoms with van der Waals surface area (Å²) >= 11 is 0. The van der Waals surface area contributed by atoms with Gasteiger partial charge in [-0.2, -0.15) is 0 Å². The first-order valence-corrected chi connectivity index (χ1v) is 7.14. The summed E-state index contributed by atoms with van der Waals surface area (Å²) in [5, 5.41) is 14.3. The third-order valence-electron chi connectivity index (χ3n) is 3.03. The number of hydrogen-bond donors (Lipinski definition) is 3. The SMILES string of the molecule is COc1cc(NC(=O)CCNC(=O)C(C)(C)C)ccc1C(=O)O. The molecule has 1 rings (SSSR count). The predicted molar refractivity (Wildman–Crippen MR) is 85.7 cm³/mol. The van der Waals surface area contributed by atoms with Crippen LogP contribution in [0.25, 0.3) is 0 Å². The Hall–Kier alpha value is -2.57. The van der Waals surface area contributed by atoms with Gasteiger partial charge in [0.2, 0.25) is 11.8 Å². The summed E-state index contributed by atoms with van der Waals surface area (Å²) in [4.78, 5) is 34.5. The minimum atomic E-state index is -1.11. The number of methoxy groups -OCH3 is 1. The summed E-state index contributed by atoms with van der Waals surface area (Å²) in [6.45, 7) is 5.60. The molecule has 0 aliphatic rings. The van der Waals surface area contributed by atoms with Gasteiger partial charge >= 0.3 is 5.97 Å². The number of hydrogen-bond acceptors (Lipinski definition) is 4. The maximum atomic E-state index is 11.8. The minimum Gasteiger partial charge on any atom is -0.496 e. The lowest BCUT2D eigenvalue weighted by molar-refractivity contribution is -0.128. The standard InChI is InChI=1S/C16H22N2O5/c1-16(2,3)15(22)17-8-7-13(19)18-10-5-6-11(14(20)21)12(9-10)23-4/h5-6,9H,7-8H2,1-4H3,(H,17,22)(H,18,19)(H,20,21). The molecule has 0 spiro atoms. The van der Waals surface area contributed by atoms with Crippen molar-refractivity contribution < 1.29 is 24.2 Å². The monoisotopic (exact) mass is 322 g/mol. The van der Waals surface area contributed by atoms with E-state index in [0.29, 0.717) is 5.69 Å². The van der Waals surface area contributed by atoms with Gasteiger partial charge in [-0.3, -0.25) is 9.59 Å². The van der Waals surface area contributed by atoms with Crippen molar-refractivity contribution in [3.63, 3.8) is 0 Å². The molecule has 3 N–H and O–H groups in total. The van der Waals surface area contributed by atoms with E-state index in [1.807, 2.05) is 0 Å². The van der Waals surface area contributed by atoms with Crippen LogP contribution in [0.2, 0.25) is 0 Å². The predicted octanol–water partition coefficient (Wildman–Crippen LogP) is 1.88. The molecule has 126 valence electrons. The van der Waals surface area contributed by atoms with E-state index in [0.717, 1.165) is 0 Å². The van der Waals surface area contributed by atoms with Crippen LogP contribution in [-0.2, 0) is 9.59 Å². The topological polar surface area (TPSA) is 105 Å². The Morgan fingerprint density at radius 3 is 2.39 bits per heavy atom. The molecule has 0 aliphatic heterocycles. The number of carbonyl (C=O) groups is 3. The van der Waals surface area contributed by atoms with Crippen molar-refractivity contribution in [1.82, 2.24) is 5.32 Å². The van der Waals surface area contributed by atoms with E-state index >= 15 is 0 Å². The molecule has 1 aromatic rings. The molecule has 2 amide bonds. The van der Waals surface area contributed by atoms with Crippen molar-refractivity contribution in [2.24, 2.45) is 5.41 Å². The molecule has 7 heteroatoms. The Balaban J connectivity index is 2.58. The number of nitrogens with one attached hydrogen (secondary N) is 2. The fourth-order valence-electron chi connectivity index (χ4n) is 1.72. The number of carboxylic acids is 1. The number of carboxylic acid groups (broad SMARTS) is 1. The number of anilines is 1. The Morgan fingerprint density at radius 2 is 1.87 bits per heavy atom. The van der Waals surface area contributed by atoms with Crippen LogP contribution < -0.4 is 15.4 Å². The van der Waals surface area contributed by atoms with E-state index in [9.17, 15) is 14.4 Å². The summed E-state index contributed by atoms with van der Waals surface area (Å²) < 4.78 is 4.99. The van der Waals surface area contributed by atoms with Gasteiger partial charge in [0.05, 0.1) is 7.11 Å². The number of amides is 2. The first kappa shape index (κ1) is 18.5. The van der Waals surface area contributed by atoms with Crippen molar-refractivity contribution >= 4 is 23.5 Å². The lowest BCUT2D eigenvalue weighted by atomic mass is 9.96. The number of aromatic carboxylic acids is 1. The van der Waals surface area contributed by atoms with Crippen molar-refractivity contribution in [1.29, 1.82) is 0 Å². The Bertz CT molecular complexity index is 605. The molecular formula is C16H22N2O5. The van der Waals surface area contributed by atoms with Gasteiger partial charge in [-0.25, -0.2) is 4.79 Å². The maximum Gasteiger partial charge on any atom is 0.339 e. The smallest absolute Gasteiger partial charge is 0.339 e. The van der Waals surface area contributed by atoms with E-state index < -0.39 is 11.4 Å². The summed E-state index contributed by atoms with van der Waals surface area (Å²) in [5.41, 5.74) is -0.0572. The van der Waals surface area contributed by atoms with Crippen LogP contribution in [0.3, 0.4) is 0 Å². The first-order valence-electron chi connectivity index (χ1n) is 7.14. The fourth-order valence-corrected chi connectivity index (χ4v) is 1.72. The largest absolute Gasteiger partial charge is 0.496 e. The molecule has 0 aliphatic carbocycles. The molecule has 0 saturated heterocycles. The van der Waals surface area contributed by atoms with Gasteiger partial charge in [0, 0.05) is 30.1 Å². The summed E-state index contributed by atoms with van der Waals surface area (Å²) in [6, 6.07) is 4.28. The fraction of sp³-hybridized carbons (Fsp3) is 0.438. The normalized spacial score (nSPS) is 10.8. The molecule has 0 radical (unpaired) electrons. The highest BCUT2D eigenvalue weighted by Gasteiger charge is 2.20. The molecule has 0 fully saturated rings. The van der Waals surface area contributed by atoms with Gasteiger partial charge in [-0.1, -0.05) is 20.8 Å². The van der Waals surface area contributed by atoms with Gasteiger partial charge in [0.25, 0.3) is 0 Å². The van der Waals surface area contributed by atoms with Crippen LogP contribution >= 0.6 is 0 Å². The molecule has 23 heavy (non-hydrogen) atoms. The molecular weight excluding hydrogens is 300 g/mol. The second-order valence-corrected chi connectivity index (χ2v) is 6.02. The molecule has 1 aromatic carbocycles. The quantitative estimate of drug-likeness (QED) is 0.742. The van der Waals surface area contributed by atoms with E-state index in [1.54, 1.807) is 20.8 Å². The van der Waals surface area contributed by atoms with Gasteiger partial charge in [0.1, 0.15) is 11.3 Å². The molecule has 0 aromatic heterocycles. The molecule has 0 heterocycles. The van der Waals surface area contributed by atoms with E-state index in [1.165, 1.54) is 25.3 Å². The highest BCUT2D eigenvalue weighted by atomic mass is 16.5. The third kappa shape index (κ3) is 5.61. The first-order chi connectivity index (χ1) is 10.6. The van der Waals surface area contributed by atoms with Crippen LogP contribution in [0.5, 0.6) is 5.75 Å². The Labute approximate surface area is 135 Å². The zero-order valence-electron chi connectivity index (χ0n) is 13.7. The molecule has 0 bridgehead atoms. The van der Waals surface area contributed by atoms with Gasteiger partial charge < -0.3 is 20.5 Å². The number of benzene rings is 1. The number of carbonyl (C=O) groups excluding carboxylic acids is 2. The summed E-state index contributed by atoms with van der Waals surface area (Å²) in [7, 11) is 1.36. The zero-order chi connectivity index (χ0) is 17.6. The molecule has 0 unspecified atom stereocenters. The van der Waals surface area contributed by atoms with E-state index in [2.05, 4.69) is 10.6 Å². The van der Waals surface area contributed by atoms with Crippen LogP contribution in [0.4, 0.5) is 5.69 Å². The zero-order valence-corrected chi connectivity index (χ0v) is 13.7.